The zero-order valence-electron chi connectivity index (χ0n) is 12.0. The number of benzene rings is 1. The largest absolute Gasteiger partial charge is 0.464 e. The minimum absolute atomic E-state index is 0.148. The second-order valence-electron chi connectivity index (χ2n) is 5.71. The molecule has 0 aliphatic carbocycles. The van der Waals surface area contributed by atoms with E-state index in [0.717, 1.165) is 30.5 Å². The first kappa shape index (κ1) is 13.3. The molecule has 4 heteroatoms. The van der Waals surface area contributed by atoms with Crippen LogP contribution in [0.15, 0.2) is 34.9 Å². The Morgan fingerprint density at radius 3 is 2.95 bits per heavy atom. The fourth-order valence-corrected chi connectivity index (χ4v) is 2.86. The molecule has 3 rings (SSSR count). The predicted octanol–water partition coefficient (Wildman–Crippen LogP) is 2.25. The van der Waals surface area contributed by atoms with E-state index in [9.17, 15) is 4.79 Å². The smallest absolute Gasteiger partial charge is 0.180 e. The molecule has 2 heterocycles. The zero-order valence-corrected chi connectivity index (χ0v) is 12.0. The van der Waals surface area contributed by atoms with Crippen molar-refractivity contribution in [1.82, 2.24) is 9.80 Å². The van der Waals surface area contributed by atoms with Gasteiger partial charge in [-0.05, 0) is 26.6 Å². The number of rotatable bonds is 4. The standard InChI is InChI=1S/C16H20N2O2/c1-17(2)12-7-8-18(9-12)10-15(19)14-11-20-16-6-4-3-5-13(14)16/h3-6,11-12H,7-10H2,1-2H3. The molecule has 1 fully saturated rings. The molecular formula is C16H20N2O2. The average molecular weight is 272 g/mol. The molecule has 1 aromatic heterocycles. The Morgan fingerprint density at radius 2 is 2.20 bits per heavy atom. The summed E-state index contributed by atoms with van der Waals surface area (Å²) in [6.07, 6.45) is 2.72. The van der Waals surface area contributed by atoms with E-state index in [1.807, 2.05) is 24.3 Å². The number of likely N-dealkylation sites (tertiary alicyclic amines) is 1. The van der Waals surface area contributed by atoms with Gasteiger partial charge in [0, 0.05) is 24.5 Å². The Labute approximate surface area is 119 Å². The monoisotopic (exact) mass is 272 g/mol. The maximum Gasteiger partial charge on any atom is 0.180 e. The van der Waals surface area contributed by atoms with Crippen molar-refractivity contribution < 1.29 is 9.21 Å². The van der Waals surface area contributed by atoms with Crippen molar-refractivity contribution in [2.75, 3.05) is 33.7 Å². The maximum absolute atomic E-state index is 12.4. The van der Waals surface area contributed by atoms with Gasteiger partial charge in [0.05, 0.1) is 12.1 Å². The van der Waals surface area contributed by atoms with Gasteiger partial charge in [-0.3, -0.25) is 9.69 Å². The summed E-state index contributed by atoms with van der Waals surface area (Å²) in [5, 5.41) is 0.917. The number of hydrogen-bond donors (Lipinski definition) is 0. The van der Waals surface area contributed by atoms with Crippen LogP contribution in [0.1, 0.15) is 16.8 Å². The number of nitrogens with zero attached hydrogens (tertiary/aromatic N) is 2. The number of fused-ring (bicyclic) bond motifs is 1. The summed E-state index contributed by atoms with van der Waals surface area (Å²) in [6, 6.07) is 8.25. The van der Waals surface area contributed by atoms with Gasteiger partial charge in [-0.15, -0.1) is 0 Å². The summed E-state index contributed by atoms with van der Waals surface area (Å²) >= 11 is 0. The highest BCUT2D eigenvalue weighted by atomic mass is 16.3. The summed E-state index contributed by atoms with van der Waals surface area (Å²) in [5.74, 6) is 0.148. The van der Waals surface area contributed by atoms with Crippen LogP contribution in [0.2, 0.25) is 0 Å². The molecule has 0 N–H and O–H groups in total. The van der Waals surface area contributed by atoms with Gasteiger partial charge in [-0.2, -0.15) is 0 Å². The van der Waals surface area contributed by atoms with Gasteiger partial charge in [-0.1, -0.05) is 18.2 Å². The third-order valence-electron chi connectivity index (χ3n) is 4.13. The van der Waals surface area contributed by atoms with E-state index in [0.29, 0.717) is 18.2 Å². The molecule has 1 aliphatic rings. The maximum atomic E-state index is 12.4. The van der Waals surface area contributed by atoms with Crippen LogP contribution in [0.25, 0.3) is 11.0 Å². The van der Waals surface area contributed by atoms with Crippen LogP contribution in [0.3, 0.4) is 0 Å². The Bertz CT molecular complexity index is 618. The lowest BCUT2D eigenvalue weighted by Gasteiger charge is -2.19. The molecule has 0 bridgehead atoms. The van der Waals surface area contributed by atoms with Crippen molar-refractivity contribution in [1.29, 1.82) is 0 Å². The Morgan fingerprint density at radius 1 is 1.40 bits per heavy atom. The molecule has 1 aliphatic heterocycles. The Kier molecular flexibility index (Phi) is 3.59. The van der Waals surface area contributed by atoms with E-state index in [2.05, 4.69) is 23.9 Å². The van der Waals surface area contributed by atoms with Crippen LogP contribution >= 0.6 is 0 Å². The molecular weight excluding hydrogens is 252 g/mol. The number of ketones is 1. The normalized spacial score (nSPS) is 20.1. The second-order valence-corrected chi connectivity index (χ2v) is 5.71. The summed E-state index contributed by atoms with van der Waals surface area (Å²) in [5.41, 5.74) is 1.48. The third kappa shape index (κ3) is 2.49. The molecule has 1 unspecified atom stereocenters. The van der Waals surface area contributed by atoms with E-state index in [1.54, 1.807) is 6.26 Å². The van der Waals surface area contributed by atoms with Gasteiger partial charge < -0.3 is 9.32 Å². The van der Waals surface area contributed by atoms with Gasteiger partial charge >= 0.3 is 0 Å². The molecule has 0 spiro atoms. The van der Waals surface area contributed by atoms with Crippen molar-refractivity contribution in [2.45, 2.75) is 12.5 Å². The molecule has 4 nitrogen and oxygen atoms in total. The minimum atomic E-state index is 0.148. The summed E-state index contributed by atoms with van der Waals surface area (Å²) in [6.45, 7) is 2.44. The number of hydrogen-bond acceptors (Lipinski definition) is 4. The van der Waals surface area contributed by atoms with E-state index in [1.165, 1.54) is 0 Å². The SMILES string of the molecule is CN(C)C1CCN(CC(=O)c2coc3ccccc23)C1. The lowest BCUT2D eigenvalue weighted by Crippen LogP contribution is -2.33. The predicted molar refractivity (Wildman–Crippen MR) is 79.1 cm³/mol. The van der Waals surface area contributed by atoms with Crippen molar-refractivity contribution in [3.05, 3.63) is 36.1 Å². The van der Waals surface area contributed by atoms with E-state index in [-0.39, 0.29) is 5.78 Å². The van der Waals surface area contributed by atoms with Gasteiger partial charge in [0.25, 0.3) is 0 Å². The van der Waals surface area contributed by atoms with Crippen molar-refractivity contribution in [3.8, 4) is 0 Å². The van der Waals surface area contributed by atoms with Crippen LogP contribution in [0.5, 0.6) is 0 Å². The number of para-hydroxylation sites is 1. The Hall–Kier alpha value is -1.65. The first-order valence-electron chi connectivity index (χ1n) is 7.03. The van der Waals surface area contributed by atoms with Crippen LogP contribution in [-0.4, -0.2) is 55.4 Å². The van der Waals surface area contributed by atoms with Crippen molar-refractivity contribution in [3.63, 3.8) is 0 Å². The summed E-state index contributed by atoms with van der Waals surface area (Å²) in [7, 11) is 4.19. The van der Waals surface area contributed by atoms with E-state index in [4.69, 9.17) is 4.42 Å². The van der Waals surface area contributed by atoms with Crippen LogP contribution in [0, 0.1) is 0 Å². The highest BCUT2D eigenvalue weighted by Crippen LogP contribution is 2.22. The van der Waals surface area contributed by atoms with Crippen LogP contribution < -0.4 is 0 Å². The van der Waals surface area contributed by atoms with Crippen LogP contribution in [0.4, 0.5) is 0 Å². The fraction of sp³-hybridized carbons (Fsp3) is 0.438. The van der Waals surface area contributed by atoms with Gasteiger partial charge in [0.15, 0.2) is 5.78 Å². The first-order valence-corrected chi connectivity index (χ1v) is 7.03. The van der Waals surface area contributed by atoms with Gasteiger partial charge in [0.1, 0.15) is 11.8 Å². The van der Waals surface area contributed by atoms with E-state index < -0.39 is 0 Å². The summed E-state index contributed by atoms with van der Waals surface area (Å²) in [4.78, 5) is 16.9. The molecule has 1 aromatic carbocycles. The van der Waals surface area contributed by atoms with Crippen molar-refractivity contribution in [2.24, 2.45) is 0 Å². The van der Waals surface area contributed by atoms with E-state index >= 15 is 0 Å². The molecule has 106 valence electrons. The summed E-state index contributed by atoms with van der Waals surface area (Å²) < 4.78 is 5.45. The molecule has 2 aromatic rings. The zero-order chi connectivity index (χ0) is 14.1. The molecule has 20 heavy (non-hydrogen) atoms. The molecule has 0 saturated carbocycles. The average Bonchev–Trinajstić information content (AvgIpc) is 3.04. The Balaban J connectivity index is 1.71. The molecule has 1 atom stereocenters. The van der Waals surface area contributed by atoms with Crippen molar-refractivity contribution >= 4 is 16.8 Å². The number of carbonyl (C=O) groups is 1. The first-order chi connectivity index (χ1) is 9.65. The third-order valence-corrected chi connectivity index (χ3v) is 4.13. The molecule has 1 saturated heterocycles. The van der Waals surface area contributed by atoms with Gasteiger partial charge in [-0.25, -0.2) is 0 Å². The lowest BCUT2D eigenvalue weighted by atomic mass is 10.1. The molecule has 0 amide bonds. The fourth-order valence-electron chi connectivity index (χ4n) is 2.86. The highest BCUT2D eigenvalue weighted by molar-refractivity contribution is 6.08. The quantitative estimate of drug-likeness (QED) is 0.800. The minimum Gasteiger partial charge on any atom is -0.464 e. The number of carbonyl (C=O) groups excluding carboxylic acids is 1. The second kappa shape index (κ2) is 5.38. The molecule has 0 radical (unpaired) electrons. The topological polar surface area (TPSA) is 36.7 Å². The number of Topliss-reactive ketones (excluding diaryl/α,β-unsaturated/α-hetero) is 1. The lowest BCUT2D eigenvalue weighted by molar-refractivity contribution is 0.0942. The van der Waals surface area contributed by atoms with Crippen LogP contribution in [-0.2, 0) is 0 Å². The number of likely N-dealkylation sites (N-methyl/N-ethyl adjacent to an activating group) is 1. The van der Waals surface area contributed by atoms with Gasteiger partial charge in [0.2, 0.25) is 0 Å². The number of furan rings is 1. The highest BCUT2D eigenvalue weighted by Gasteiger charge is 2.26.